The maximum absolute atomic E-state index is 13.7. The Balaban J connectivity index is 0.00000370. The zero-order valence-corrected chi connectivity index (χ0v) is 22.6. The predicted octanol–water partition coefficient (Wildman–Crippen LogP) is 0.215. The molecule has 2 aromatic carbocycles. The van der Waals surface area contributed by atoms with Crippen molar-refractivity contribution in [1.82, 2.24) is 0 Å². The number of rotatable bonds is 5. The first-order valence-corrected chi connectivity index (χ1v) is 12.6. The number of benzene rings is 2. The number of aromatic hydroxyl groups is 2. The maximum atomic E-state index is 13.7. The van der Waals surface area contributed by atoms with E-state index in [9.17, 15) is 40.2 Å². The van der Waals surface area contributed by atoms with Crippen LogP contribution >= 0.6 is 12.4 Å². The fraction of sp³-hybridized carbons (Fsp3) is 0.481. The van der Waals surface area contributed by atoms with Crippen LogP contribution in [-0.2, 0) is 15.9 Å². The van der Waals surface area contributed by atoms with Crippen LogP contribution in [0.4, 0.5) is 0 Å². The van der Waals surface area contributed by atoms with Crippen LogP contribution in [0.1, 0.15) is 68.8 Å². The smallest absolute Gasteiger partial charge is 0.202 e. The molecule has 2 aromatic rings. The van der Waals surface area contributed by atoms with E-state index in [0.29, 0.717) is 0 Å². The van der Waals surface area contributed by atoms with Crippen LogP contribution in [-0.4, -0.2) is 92.2 Å². The predicted molar refractivity (Wildman–Crippen MR) is 140 cm³/mol. The molecular weight excluding hydrogens is 550 g/mol. The van der Waals surface area contributed by atoms with Crippen LogP contribution in [0.15, 0.2) is 18.2 Å². The lowest BCUT2D eigenvalue weighted by Crippen LogP contribution is -2.53. The highest BCUT2D eigenvalue weighted by Crippen LogP contribution is 2.52. The third-order valence-electron chi connectivity index (χ3n) is 7.97. The number of hydrogen-bond donors (Lipinski definition) is 7. The molecule has 7 atom stereocenters. The van der Waals surface area contributed by atoms with Crippen LogP contribution in [0.3, 0.4) is 0 Å². The van der Waals surface area contributed by atoms with E-state index in [1.54, 1.807) is 6.92 Å². The third-order valence-corrected chi connectivity index (χ3v) is 7.97. The molecule has 2 aliphatic carbocycles. The minimum absolute atomic E-state index is 0. The molecule has 40 heavy (non-hydrogen) atoms. The van der Waals surface area contributed by atoms with Gasteiger partial charge in [-0.2, -0.15) is 0 Å². The number of aliphatic hydroxyl groups excluding tert-OH is 3. The van der Waals surface area contributed by atoms with Crippen molar-refractivity contribution in [1.29, 1.82) is 0 Å². The van der Waals surface area contributed by atoms with Crippen molar-refractivity contribution in [3.63, 3.8) is 0 Å². The normalized spacial score (nSPS) is 30.0. The molecule has 1 unspecified atom stereocenters. The number of halogens is 1. The number of carbonyl (C=O) groups is 2. The first-order chi connectivity index (χ1) is 18.4. The van der Waals surface area contributed by atoms with Crippen LogP contribution in [0, 0.1) is 0 Å². The number of ketones is 2. The molecule has 0 radical (unpaired) electrons. The van der Waals surface area contributed by atoms with Crippen molar-refractivity contribution in [3.8, 4) is 17.2 Å². The number of phenols is 2. The summed E-state index contributed by atoms with van der Waals surface area (Å²) in [5.74, 6) is -2.68. The molecule has 0 amide bonds. The summed E-state index contributed by atoms with van der Waals surface area (Å²) >= 11 is 0. The monoisotopic (exact) mass is 581 g/mol. The molecule has 5 rings (SSSR count). The molecule has 1 fully saturated rings. The van der Waals surface area contributed by atoms with Gasteiger partial charge in [0.2, 0.25) is 5.78 Å². The molecule has 218 valence electrons. The maximum Gasteiger partial charge on any atom is 0.202 e. The van der Waals surface area contributed by atoms with Crippen molar-refractivity contribution in [2.75, 3.05) is 13.7 Å². The summed E-state index contributed by atoms with van der Waals surface area (Å²) in [7, 11) is 1.33. The molecule has 3 aliphatic rings. The summed E-state index contributed by atoms with van der Waals surface area (Å²) in [4.78, 5) is 27.2. The Bertz CT molecular complexity index is 1340. The zero-order valence-electron chi connectivity index (χ0n) is 21.7. The molecule has 1 heterocycles. The minimum atomic E-state index is -2.05. The molecule has 0 spiro atoms. The van der Waals surface area contributed by atoms with Gasteiger partial charge in [-0.05, 0) is 13.0 Å². The van der Waals surface area contributed by atoms with Gasteiger partial charge in [-0.3, -0.25) is 9.59 Å². The summed E-state index contributed by atoms with van der Waals surface area (Å²) in [5, 5.41) is 64.4. The van der Waals surface area contributed by atoms with Gasteiger partial charge in [0.05, 0.1) is 54.3 Å². The van der Waals surface area contributed by atoms with Crippen LogP contribution in [0.2, 0.25) is 0 Å². The minimum Gasteiger partial charge on any atom is -0.507 e. The van der Waals surface area contributed by atoms with Gasteiger partial charge in [0.1, 0.15) is 23.4 Å². The van der Waals surface area contributed by atoms with Gasteiger partial charge in [-0.15, -0.1) is 12.4 Å². The largest absolute Gasteiger partial charge is 0.507 e. The number of nitrogens with two attached hydrogens (primary N) is 1. The highest BCUT2D eigenvalue weighted by molar-refractivity contribution is 6.31. The molecule has 0 bridgehead atoms. The molecule has 0 aromatic heterocycles. The molecule has 8 N–H and O–H groups in total. The van der Waals surface area contributed by atoms with E-state index in [-0.39, 0.29) is 53.3 Å². The van der Waals surface area contributed by atoms with Gasteiger partial charge in [-0.25, -0.2) is 0 Å². The summed E-state index contributed by atoms with van der Waals surface area (Å²) < 4.78 is 17.1. The van der Waals surface area contributed by atoms with Crippen molar-refractivity contribution in [2.24, 2.45) is 5.73 Å². The van der Waals surface area contributed by atoms with Gasteiger partial charge in [0.15, 0.2) is 12.1 Å². The van der Waals surface area contributed by atoms with E-state index in [0.717, 1.165) is 0 Å². The van der Waals surface area contributed by atoms with Crippen molar-refractivity contribution < 1.29 is 54.4 Å². The fourth-order valence-corrected chi connectivity index (χ4v) is 5.84. The van der Waals surface area contributed by atoms with Gasteiger partial charge >= 0.3 is 0 Å². The lowest BCUT2D eigenvalue weighted by Gasteiger charge is -2.44. The van der Waals surface area contributed by atoms with Gasteiger partial charge in [0.25, 0.3) is 0 Å². The number of hydrogen-bond acceptors (Lipinski definition) is 12. The number of carbonyl (C=O) groups excluding carboxylic acids is 2. The van der Waals surface area contributed by atoms with E-state index in [2.05, 4.69) is 0 Å². The Labute approximate surface area is 235 Å². The van der Waals surface area contributed by atoms with E-state index >= 15 is 0 Å². The van der Waals surface area contributed by atoms with Gasteiger partial charge in [0, 0.05) is 42.0 Å². The Kier molecular flexibility index (Phi) is 8.20. The lowest BCUT2D eigenvalue weighted by molar-refractivity contribution is -0.251. The first kappa shape index (κ1) is 30.2. The lowest BCUT2D eigenvalue weighted by atomic mass is 9.71. The second kappa shape index (κ2) is 10.9. The summed E-state index contributed by atoms with van der Waals surface area (Å²) in [6, 6.07) is 3.69. The number of phenolic OH excluding ortho intramolecular Hbond substituents is 2. The average molecular weight is 582 g/mol. The topological polar surface area (TPSA) is 209 Å². The Morgan fingerprint density at radius 3 is 2.45 bits per heavy atom. The second-order valence-electron chi connectivity index (χ2n) is 10.3. The van der Waals surface area contributed by atoms with Crippen LogP contribution < -0.4 is 10.5 Å². The number of fused-ring (bicyclic) bond motifs is 3. The average Bonchev–Trinajstić information content (AvgIpc) is 2.90. The molecule has 0 saturated carbocycles. The van der Waals surface area contributed by atoms with E-state index in [4.69, 9.17) is 19.9 Å². The molecular formula is C27H32ClNO11. The number of aliphatic hydroxyl groups is 4. The molecule has 1 saturated heterocycles. The summed E-state index contributed by atoms with van der Waals surface area (Å²) in [6.45, 7) is 0.768. The van der Waals surface area contributed by atoms with E-state index in [1.165, 1.54) is 25.3 Å². The first-order valence-electron chi connectivity index (χ1n) is 12.6. The fourth-order valence-electron chi connectivity index (χ4n) is 5.84. The Morgan fingerprint density at radius 2 is 1.82 bits per heavy atom. The summed E-state index contributed by atoms with van der Waals surface area (Å²) in [5.41, 5.74) is 2.77. The number of ether oxygens (including phenoxy) is 3. The van der Waals surface area contributed by atoms with Crippen molar-refractivity contribution in [2.45, 2.75) is 68.5 Å². The highest BCUT2D eigenvalue weighted by atomic mass is 35.5. The molecule has 1 aliphatic heterocycles. The van der Waals surface area contributed by atoms with Crippen molar-refractivity contribution >= 4 is 24.0 Å². The highest BCUT2D eigenvalue weighted by Gasteiger charge is 2.50. The Morgan fingerprint density at radius 1 is 1.15 bits per heavy atom. The number of methoxy groups -OCH3 is 1. The van der Waals surface area contributed by atoms with Crippen LogP contribution in [0.25, 0.3) is 0 Å². The molecule has 13 heteroatoms. The SMILES string of the molecule is COc1cccc2c1C(=O)c1c(O)c3c(c(O)c1C2=O)C[C@@](O)(C(O)CO)C[C@@H]3O[C@H]1C[C@H](N)[C@H](O)[C@H](C)O1.Cl. The standard InChI is InChI=1S/C27H31NO11.ClH/c1-10-22(31)13(28)6-17(38-10)39-15-8-27(36,16(30)9-29)7-12-19(15)26(35)21-20(24(12)33)23(32)11-4-3-5-14(37-2)18(11)25(21)34;/h3-5,10,13,15-17,22,29-31,33,35-36H,6-9,28H2,1-2H3;1H/t10-,13-,15-,16?,17-,22+,27-;/m0./s1. The molecule has 12 nitrogen and oxygen atoms in total. The Hall–Kier alpha value is -2.81. The van der Waals surface area contributed by atoms with Gasteiger partial charge < -0.3 is 50.6 Å². The quantitative estimate of drug-likeness (QED) is 0.202. The second-order valence-corrected chi connectivity index (χ2v) is 10.3. The van der Waals surface area contributed by atoms with Crippen molar-refractivity contribution in [3.05, 3.63) is 51.6 Å². The van der Waals surface area contributed by atoms with Gasteiger partial charge in [-0.1, -0.05) is 12.1 Å². The summed E-state index contributed by atoms with van der Waals surface area (Å²) in [6.07, 6.45) is -6.45. The van der Waals surface area contributed by atoms with E-state index < -0.39 is 89.6 Å². The third kappa shape index (κ3) is 4.54. The van der Waals surface area contributed by atoms with Crippen LogP contribution in [0.5, 0.6) is 17.2 Å². The zero-order chi connectivity index (χ0) is 28.4. The van der Waals surface area contributed by atoms with E-state index in [1.807, 2.05) is 0 Å².